The van der Waals surface area contributed by atoms with E-state index in [1.54, 1.807) is 0 Å². The van der Waals surface area contributed by atoms with E-state index in [0.29, 0.717) is 23.7 Å². The maximum Gasteiger partial charge on any atom is 0.246 e. The van der Waals surface area contributed by atoms with Crippen molar-refractivity contribution in [3.8, 4) is 0 Å². The average Bonchev–Trinajstić information content (AvgIpc) is 2.81. The van der Waals surface area contributed by atoms with Gasteiger partial charge in [0.1, 0.15) is 11.9 Å². The van der Waals surface area contributed by atoms with Crippen LogP contribution >= 0.6 is 0 Å². The van der Waals surface area contributed by atoms with Gasteiger partial charge in [-0.2, -0.15) is 4.31 Å². The van der Waals surface area contributed by atoms with Crippen molar-refractivity contribution >= 4 is 21.6 Å². The van der Waals surface area contributed by atoms with Gasteiger partial charge in [-0.3, -0.25) is 9.69 Å². The van der Waals surface area contributed by atoms with Gasteiger partial charge in [0, 0.05) is 31.9 Å². The fourth-order valence-electron chi connectivity index (χ4n) is 4.81. The minimum absolute atomic E-state index is 0.246. The van der Waals surface area contributed by atoms with Gasteiger partial charge in [0.2, 0.25) is 15.9 Å². The molecule has 1 atom stereocenters. The Labute approximate surface area is 206 Å². The zero-order valence-electron chi connectivity index (χ0n) is 20.2. The first-order valence-corrected chi connectivity index (χ1v) is 13.0. The number of amides is 1. The molecular formula is C27H30FN3O3S. The Balaban J connectivity index is 1.54. The van der Waals surface area contributed by atoms with E-state index in [2.05, 4.69) is 5.32 Å². The first-order chi connectivity index (χ1) is 16.7. The highest BCUT2D eigenvalue weighted by molar-refractivity contribution is 7.89. The molecule has 0 bridgehead atoms. The number of nitrogens with one attached hydrogen (secondary N) is 1. The smallest absolute Gasteiger partial charge is 0.246 e. The van der Waals surface area contributed by atoms with Gasteiger partial charge in [-0.05, 0) is 61.7 Å². The highest BCUT2D eigenvalue weighted by atomic mass is 32.2. The van der Waals surface area contributed by atoms with Crippen LogP contribution in [0.1, 0.15) is 28.3 Å². The molecule has 6 nitrogen and oxygen atoms in total. The van der Waals surface area contributed by atoms with Crippen molar-refractivity contribution in [1.82, 2.24) is 9.21 Å². The Morgan fingerprint density at radius 1 is 0.886 bits per heavy atom. The Hall–Kier alpha value is -3.07. The van der Waals surface area contributed by atoms with Crippen LogP contribution in [0.3, 0.4) is 0 Å². The van der Waals surface area contributed by atoms with Crippen LogP contribution in [-0.4, -0.2) is 49.7 Å². The number of benzene rings is 3. The highest BCUT2D eigenvalue weighted by Crippen LogP contribution is 2.29. The van der Waals surface area contributed by atoms with Crippen LogP contribution in [0.25, 0.3) is 0 Å². The lowest BCUT2D eigenvalue weighted by Gasteiger charge is -2.38. The Morgan fingerprint density at radius 2 is 1.46 bits per heavy atom. The third kappa shape index (κ3) is 5.45. The second-order valence-electron chi connectivity index (χ2n) is 8.98. The van der Waals surface area contributed by atoms with Crippen molar-refractivity contribution in [2.24, 2.45) is 0 Å². The number of halogens is 1. The lowest BCUT2D eigenvalue weighted by atomic mass is 10.0. The molecule has 0 spiro atoms. The second-order valence-corrected chi connectivity index (χ2v) is 10.9. The molecule has 1 saturated heterocycles. The summed E-state index contributed by atoms with van der Waals surface area (Å²) in [6, 6.07) is 18.2. The predicted molar refractivity (Wildman–Crippen MR) is 135 cm³/mol. The molecular weight excluding hydrogens is 465 g/mol. The van der Waals surface area contributed by atoms with Crippen LogP contribution in [0.15, 0.2) is 71.6 Å². The van der Waals surface area contributed by atoms with E-state index in [-0.39, 0.29) is 24.8 Å². The molecule has 1 aliphatic heterocycles. The molecule has 35 heavy (non-hydrogen) atoms. The zero-order valence-corrected chi connectivity index (χ0v) is 21.0. The predicted octanol–water partition coefficient (Wildman–Crippen LogP) is 4.44. The van der Waals surface area contributed by atoms with Crippen molar-refractivity contribution in [1.29, 1.82) is 0 Å². The van der Waals surface area contributed by atoms with Crippen LogP contribution in [0.5, 0.6) is 0 Å². The average molecular weight is 496 g/mol. The van der Waals surface area contributed by atoms with Crippen molar-refractivity contribution < 1.29 is 17.6 Å². The van der Waals surface area contributed by atoms with Crippen LogP contribution in [0.4, 0.5) is 10.1 Å². The monoisotopic (exact) mass is 495 g/mol. The van der Waals surface area contributed by atoms with Crippen molar-refractivity contribution in [2.45, 2.75) is 31.7 Å². The Bertz CT molecular complexity index is 1280. The molecule has 184 valence electrons. The maximum absolute atomic E-state index is 13.5. The largest absolute Gasteiger partial charge is 0.324 e. The van der Waals surface area contributed by atoms with Gasteiger partial charge in [0.25, 0.3) is 0 Å². The van der Waals surface area contributed by atoms with E-state index in [9.17, 15) is 17.6 Å². The van der Waals surface area contributed by atoms with E-state index in [0.717, 1.165) is 22.3 Å². The van der Waals surface area contributed by atoms with Crippen LogP contribution in [0, 0.1) is 26.6 Å². The molecule has 0 aromatic heterocycles. The number of rotatable bonds is 6. The van der Waals surface area contributed by atoms with E-state index >= 15 is 0 Å². The molecule has 4 rings (SSSR count). The van der Waals surface area contributed by atoms with Gasteiger partial charge in [-0.25, -0.2) is 12.8 Å². The third-order valence-corrected chi connectivity index (χ3v) is 8.52. The number of nitrogens with zero attached hydrogens (tertiary/aromatic N) is 2. The summed E-state index contributed by atoms with van der Waals surface area (Å²) in [5.41, 5.74) is 3.83. The third-order valence-electron chi connectivity index (χ3n) is 6.32. The van der Waals surface area contributed by atoms with Gasteiger partial charge in [-0.15, -0.1) is 0 Å². The minimum Gasteiger partial charge on any atom is -0.324 e. The van der Waals surface area contributed by atoms with Crippen molar-refractivity contribution in [2.75, 3.05) is 31.5 Å². The summed E-state index contributed by atoms with van der Waals surface area (Å²) >= 11 is 0. The van der Waals surface area contributed by atoms with E-state index in [1.807, 2.05) is 68.1 Å². The molecule has 1 fully saturated rings. The highest BCUT2D eigenvalue weighted by Gasteiger charge is 2.35. The number of sulfonamides is 1. The summed E-state index contributed by atoms with van der Waals surface area (Å²) in [6.07, 6.45) is 0. The fraction of sp³-hybridized carbons (Fsp3) is 0.296. The van der Waals surface area contributed by atoms with E-state index < -0.39 is 16.1 Å². The molecule has 0 unspecified atom stereocenters. The molecule has 8 heteroatoms. The summed E-state index contributed by atoms with van der Waals surface area (Å²) in [4.78, 5) is 15.7. The SMILES string of the molecule is Cc1cc(C)c(S(=O)(=O)N2CCN([C@H](C(=O)Nc3ccc(F)cc3)c3ccccc3)CC2)c(C)c1. The fourth-order valence-corrected chi connectivity index (χ4v) is 6.65. The lowest BCUT2D eigenvalue weighted by Crippen LogP contribution is -2.51. The molecule has 0 radical (unpaired) electrons. The molecule has 3 aromatic rings. The number of carbonyl (C=O) groups excluding carboxylic acids is 1. The van der Waals surface area contributed by atoms with Crippen molar-refractivity contribution in [3.05, 3.63) is 94.8 Å². The van der Waals surface area contributed by atoms with Crippen molar-refractivity contribution in [3.63, 3.8) is 0 Å². The molecule has 1 aliphatic rings. The quantitative estimate of drug-likeness (QED) is 0.549. The molecule has 0 saturated carbocycles. The van der Waals surface area contributed by atoms with E-state index in [4.69, 9.17) is 0 Å². The van der Waals surface area contributed by atoms with Crippen LogP contribution < -0.4 is 5.32 Å². The van der Waals surface area contributed by atoms with Gasteiger partial charge in [0.15, 0.2) is 0 Å². The number of piperazine rings is 1. The number of hydrogen-bond donors (Lipinski definition) is 1. The number of carbonyl (C=O) groups is 1. The minimum atomic E-state index is -3.66. The topological polar surface area (TPSA) is 69.7 Å². The second kappa shape index (κ2) is 10.3. The zero-order chi connectivity index (χ0) is 25.2. The number of anilines is 1. The normalized spacial score (nSPS) is 16.1. The Kier molecular flexibility index (Phi) is 7.35. The first-order valence-electron chi connectivity index (χ1n) is 11.6. The molecule has 3 aromatic carbocycles. The van der Waals surface area contributed by atoms with Gasteiger partial charge >= 0.3 is 0 Å². The lowest BCUT2D eigenvalue weighted by molar-refractivity contribution is -0.122. The maximum atomic E-state index is 13.5. The van der Waals surface area contributed by atoms with Gasteiger partial charge < -0.3 is 5.32 Å². The number of hydrogen-bond acceptors (Lipinski definition) is 4. The standard InChI is InChI=1S/C27H30FN3O3S/c1-19-17-20(2)26(21(3)18-19)35(33,34)31-15-13-30(14-16-31)25(22-7-5-4-6-8-22)27(32)29-24-11-9-23(28)10-12-24/h4-12,17-18,25H,13-16H2,1-3H3,(H,29,32)/t25-/m0/s1. The summed E-state index contributed by atoms with van der Waals surface area (Å²) in [7, 11) is -3.66. The van der Waals surface area contributed by atoms with E-state index in [1.165, 1.54) is 28.6 Å². The summed E-state index contributed by atoms with van der Waals surface area (Å²) in [5.74, 6) is -0.622. The summed E-state index contributed by atoms with van der Waals surface area (Å²) in [6.45, 7) is 6.97. The molecule has 1 N–H and O–H groups in total. The summed E-state index contributed by atoms with van der Waals surface area (Å²) in [5, 5.41) is 2.87. The van der Waals surface area contributed by atoms with Gasteiger partial charge in [0.05, 0.1) is 4.90 Å². The molecule has 0 aliphatic carbocycles. The van der Waals surface area contributed by atoms with Crippen LogP contribution in [-0.2, 0) is 14.8 Å². The Morgan fingerprint density at radius 3 is 2.03 bits per heavy atom. The number of aryl methyl sites for hydroxylation is 3. The van der Waals surface area contributed by atoms with Crippen LogP contribution in [0.2, 0.25) is 0 Å². The molecule has 1 heterocycles. The first kappa shape index (κ1) is 25.0. The van der Waals surface area contributed by atoms with Gasteiger partial charge in [-0.1, -0.05) is 48.0 Å². The summed E-state index contributed by atoms with van der Waals surface area (Å²) < 4.78 is 41.8. The molecule has 1 amide bonds.